The van der Waals surface area contributed by atoms with E-state index in [1.807, 2.05) is 13.8 Å². The Morgan fingerprint density at radius 1 is 0.758 bits per heavy atom. The second kappa shape index (κ2) is 6.80. The van der Waals surface area contributed by atoms with Crippen LogP contribution in [-0.2, 0) is 4.74 Å². The Morgan fingerprint density at radius 3 is 2.12 bits per heavy atom. The van der Waals surface area contributed by atoms with E-state index >= 15 is 0 Å². The van der Waals surface area contributed by atoms with Gasteiger partial charge >= 0.3 is 0 Å². The molecule has 2 N–H and O–H groups in total. The van der Waals surface area contributed by atoms with Crippen LogP contribution in [0.2, 0.25) is 0 Å². The molecule has 2 unspecified atom stereocenters. The zero-order chi connectivity index (χ0) is 23.7. The van der Waals surface area contributed by atoms with Crippen molar-refractivity contribution < 1.29 is 14.9 Å². The summed E-state index contributed by atoms with van der Waals surface area (Å²) in [6.45, 7) is 14.8. The molecule has 2 spiro atoms. The summed E-state index contributed by atoms with van der Waals surface area (Å²) in [5, 5.41) is 21.3. The van der Waals surface area contributed by atoms with Crippen molar-refractivity contribution in [2.45, 2.75) is 130 Å². The summed E-state index contributed by atoms with van der Waals surface area (Å²) in [6, 6.07) is 0. The molecule has 1 heterocycles. The normalized spacial score (nSPS) is 57.5. The molecule has 6 fully saturated rings. The van der Waals surface area contributed by atoms with Gasteiger partial charge in [0.25, 0.3) is 0 Å². The maximum atomic E-state index is 10.9. The van der Waals surface area contributed by atoms with E-state index in [0.717, 1.165) is 37.2 Å². The van der Waals surface area contributed by atoms with Crippen LogP contribution in [0, 0.1) is 50.7 Å². The van der Waals surface area contributed by atoms with Crippen LogP contribution in [0.5, 0.6) is 0 Å². The molecule has 6 rings (SSSR count). The molecule has 0 amide bonds. The van der Waals surface area contributed by atoms with Crippen LogP contribution in [0.25, 0.3) is 0 Å². The minimum absolute atomic E-state index is 0.00410. The van der Waals surface area contributed by atoms with Gasteiger partial charge in [0.1, 0.15) is 0 Å². The molecule has 1 saturated heterocycles. The second-order valence-electron chi connectivity index (χ2n) is 15.3. The number of hydrogen-bond acceptors (Lipinski definition) is 3. The maximum absolute atomic E-state index is 10.9. The summed E-state index contributed by atoms with van der Waals surface area (Å²) >= 11 is 0. The van der Waals surface area contributed by atoms with Gasteiger partial charge in [0, 0.05) is 0 Å². The molecule has 0 aromatic rings. The molecular weight excluding hydrogens is 408 g/mol. The van der Waals surface area contributed by atoms with Crippen LogP contribution >= 0.6 is 0 Å². The molecule has 0 aromatic carbocycles. The molecule has 3 heteroatoms. The first kappa shape index (κ1) is 23.3. The van der Waals surface area contributed by atoms with Crippen LogP contribution < -0.4 is 0 Å². The highest BCUT2D eigenvalue weighted by Crippen LogP contribution is 2.89. The number of rotatable bonds is 2. The largest absolute Gasteiger partial charge is 0.393 e. The molecule has 6 aliphatic rings. The number of aliphatic hydroxyl groups is 2. The van der Waals surface area contributed by atoms with E-state index in [9.17, 15) is 10.2 Å². The maximum Gasteiger partial charge on any atom is 0.0856 e. The Hall–Kier alpha value is -0.120. The highest BCUT2D eigenvalue weighted by atomic mass is 16.5. The van der Waals surface area contributed by atoms with Crippen LogP contribution in [-0.4, -0.2) is 34.6 Å². The third-order valence-electron chi connectivity index (χ3n) is 13.8. The van der Waals surface area contributed by atoms with Gasteiger partial charge in [-0.05, 0) is 135 Å². The van der Waals surface area contributed by atoms with Gasteiger partial charge in [0.15, 0.2) is 0 Å². The van der Waals surface area contributed by atoms with Gasteiger partial charge in [-0.15, -0.1) is 0 Å². The number of hydrogen-bond donors (Lipinski definition) is 2. The third-order valence-corrected chi connectivity index (χ3v) is 13.8. The topological polar surface area (TPSA) is 49.7 Å². The van der Waals surface area contributed by atoms with Crippen LogP contribution in [0.4, 0.5) is 0 Å². The van der Waals surface area contributed by atoms with E-state index in [4.69, 9.17) is 4.74 Å². The highest BCUT2D eigenvalue weighted by Gasteiger charge is 2.82. The first-order valence-electron chi connectivity index (χ1n) is 14.3. The Morgan fingerprint density at radius 2 is 1.45 bits per heavy atom. The standard InChI is InChI=1S/C30H50O3/c1-25(2)21-8-9-22-28(6)13-11-20(19-7-10-24(33-17-19)26(3,4)32)27(28,5)15-16-30(22)18-29(21,30)14-12-23(25)31/h19-24,31-32H,7-18H2,1-6H3/t19-,20-,21-,22-,23?,24?,27+,28-,29+,30-/m0/s1. The van der Waals surface area contributed by atoms with Crippen LogP contribution in [0.15, 0.2) is 0 Å². The SMILES string of the molecule is CC(C)(O)C1CC[C@H]([C@@H]2CC[C@@]3(C)[C@@H]4CC[C@H]5C(C)(C)C(O)CC[C@@]56C[C@@]46CC[C@]23C)CO1. The van der Waals surface area contributed by atoms with E-state index in [1.54, 1.807) is 0 Å². The van der Waals surface area contributed by atoms with E-state index in [0.29, 0.717) is 27.6 Å². The lowest BCUT2D eigenvalue weighted by atomic mass is 9.41. The van der Waals surface area contributed by atoms with E-state index in [1.165, 1.54) is 57.8 Å². The number of fused-ring (bicyclic) bond motifs is 2. The fourth-order valence-electron chi connectivity index (χ4n) is 11.8. The lowest BCUT2D eigenvalue weighted by Gasteiger charge is -2.63. The first-order chi connectivity index (χ1) is 15.3. The third kappa shape index (κ3) is 2.74. The molecule has 5 aliphatic carbocycles. The molecule has 0 aromatic heterocycles. The Labute approximate surface area is 202 Å². The number of aliphatic hydroxyl groups excluding tert-OH is 1. The molecule has 10 atom stereocenters. The fraction of sp³-hybridized carbons (Fsp3) is 1.00. The molecule has 33 heavy (non-hydrogen) atoms. The van der Waals surface area contributed by atoms with Gasteiger partial charge in [0.2, 0.25) is 0 Å². The predicted octanol–water partition coefficient (Wildman–Crippen LogP) is 6.35. The van der Waals surface area contributed by atoms with Crippen molar-refractivity contribution in [2.75, 3.05) is 6.61 Å². The summed E-state index contributed by atoms with van der Waals surface area (Å²) in [6.07, 6.45) is 14.2. The summed E-state index contributed by atoms with van der Waals surface area (Å²) in [5.41, 5.74) is 1.36. The lowest BCUT2D eigenvalue weighted by molar-refractivity contribution is -0.172. The van der Waals surface area contributed by atoms with Crippen molar-refractivity contribution in [3.8, 4) is 0 Å². The van der Waals surface area contributed by atoms with Crippen LogP contribution in [0.3, 0.4) is 0 Å². The first-order valence-corrected chi connectivity index (χ1v) is 14.3. The minimum atomic E-state index is -0.726. The second-order valence-corrected chi connectivity index (χ2v) is 15.3. The number of ether oxygens (including phenoxy) is 1. The quantitative estimate of drug-likeness (QED) is 0.507. The summed E-state index contributed by atoms with van der Waals surface area (Å²) in [4.78, 5) is 0. The van der Waals surface area contributed by atoms with Gasteiger partial charge in [0.05, 0.1) is 24.4 Å². The average molecular weight is 459 g/mol. The molecular formula is C30H50O3. The van der Waals surface area contributed by atoms with Crippen molar-refractivity contribution >= 4 is 0 Å². The zero-order valence-corrected chi connectivity index (χ0v) is 22.3. The summed E-state index contributed by atoms with van der Waals surface area (Å²) in [5.74, 6) is 3.04. The van der Waals surface area contributed by atoms with Gasteiger partial charge in [-0.2, -0.15) is 0 Å². The molecule has 188 valence electrons. The Kier molecular flexibility index (Phi) is 4.80. The van der Waals surface area contributed by atoms with E-state index in [-0.39, 0.29) is 17.6 Å². The van der Waals surface area contributed by atoms with Crippen molar-refractivity contribution in [2.24, 2.45) is 50.7 Å². The van der Waals surface area contributed by atoms with Gasteiger partial charge < -0.3 is 14.9 Å². The van der Waals surface area contributed by atoms with Crippen molar-refractivity contribution in [3.05, 3.63) is 0 Å². The zero-order valence-electron chi connectivity index (χ0n) is 22.3. The molecule has 3 nitrogen and oxygen atoms in total. The minimum Gasteiger partial charge on any atom is -0.393 e. The smallest absolute Gasteiger partial charge is 0.0856 e. The molecule has 0 radical (unpaired) electrons. The summed E-state index contributed by atoms with van der Waals surface area (Å²) in [7, 11) is 0. The average Bonchev–Trinajstić information content (AvgIpc) is 3.33. The molecule has 1 aliphatic heterocycles. The summed E-state index contributed by atoms with van der Waals surface area (Å²) < 4.78 is 6.29. The molecule has 0 bridgehead atoms. The van der Waals surface area contributed by atoms with Crippen molar-refractivity contribution in [3.63, 3.8) is 0 Å². The molecule has 5 saturated carbocycles. The fourth-order valence-corrected chi connectivity index (χ4v) is 11.8. The highest BCUT2D eigenvalue weighted by molar-refractivity contribution is 5.30. The van der Waals surface area contributed by atoms with Gasteiger partial charge in [-0.3, -0.25) is 0 Å². The van der Waals surface area contributed by atoms with Gasteiger partial charge in [-0.1, -0.05) is 27.7 Å². The lowest BCUT2D eigenvalue weighted by Crippen LogP contribution is -2.58. The van der Waals surface area contributed by atoms with E-state index in [2.05, 4.69) is 27.7 Å². The van der Waals surface area contributed by atoms with Gasteiger partial charge in [-0.25, -0.2) is 0 Å². The van der Waals surface area contributed by atoms with Crippen molar-refractivity contribution in [1.29, 1.82) is 0 Å². The van der Waals surface area contributed by atoms with E-state index < -0.39 is 5.60 Å². The Balaban J connectivity index is 1.25. The Bertz CT molecular complexity index is 806. The van der Waals surface area contributed by atoms with Crippen molar-refractivity contribution in [1.82, 2.24) is 0 Å². The van der Waals surface area contributed by atoms with Crippen LogP contribution in [0.1, 0.15) is 112 Å². The predicted molar refractivity (Wildman–Crippen MR) is 132 cm³/mol. The monoisotopic (exact) mass is 458 g/mol.